The largest absolute Gasteiger partial charge is 0.416 e. The summed E-state index contributed by atoms with van der Waals surface area (Å²) < 4.78 is 40.7. The summed E-state index contributed by atoms with van der Waals surface area (Å²) in [6.07, 6.45) is -1.39. The van der Waals surface area contributed by atoms with E-state index in [2.05, 4.69) is 10.3 Å². The highest BCUT2D eigenvalue weighted by molar-refractivity contribution is 5.94. The van der Waals surface area contributed by atoms with Crippen LogP contribution in [0.1, 0.15) is 18.4 Å². The highest BCUT2D eigenvalue weighted by Crippen LogP contribution is 2.36. The average molecular weight is 416 g/mol. The van der Waals surface area contributed by atoms with Crippen molar-refractivity contribution in [1.82, 2.24) is 9.55 Å². The van der Waals surface area contributed by atoms with Crippen LogP contribution in [0.4, 0.5) is 24.5 Å². The summed E-state index contributed by atoms with van der Waals surface area (Å²) in [5, 5.41) is 2.92. The van der Waals surface area contributed by atoms with Gasteiger partial charge in [0.15, 0.2) is 0 Å². The maximum Gasteiger partial charge on any atom is 0.416 e. The Morgan fingerprint density at radius 1 is 1.10 bits per heavy atom. The van der Waals surface area contributed by atoms with Crippen LogP contribution in [0.25, 0.3) is 10.9 Å². The van der Waals surface area contributed by atoms with E-state index in [0.717, 1.165) is 29.5 Å². The van der Waals surface area contributed by atoms with Crippen molar-refractivity contribution in [1.29, 1.82) is 0 Å². The van der Waals surface area contributed by atoms with Gasteiger partial charge in [-0.25, -0.2) is 4.98 Å². The van der Waals surface area contributed by atoms with Gasteiger partial charge in [0.2, 0.25) is 5.91 Å². The molecule has 2 aromatic carbocycles. The molecule has 1 amide bonds. The Morgan fingerprint density at radius 3 is 2.57 bits per heavy atom. The van der Waals surface area contributed by atoms with E-state index in [1.807, 2.05) is 4.90 Å². The van der Waals surface area contributed by atoms with Crippen LogP contribution in [0.5, 0.6) is 0 Å². The van der Waals surface area contributed by atoms with Crippen LogP contribution in [-0.4, -0.2) is 28.5 Å². The number of hydrogen-bond acceptors (Lipinski definition) is 4. The van der Waals surface area contributed by atoms with E-state index in [1.165, 1.54) is 12.4 Å². The molecule has 3 aromatic rings. The molecule has 2 heterocycles. The predicted octanol–water partition coefficient (Wildman–Crippen LogP) is 3.65. The SMILES string of the molecule is O=C(Cn1cnc2ccccc2c1=O)Nc1cc(C(F)(F)F)ccc1N1CCCC1. The summed E-state index contributed by atoms with van der Waals surface area (Å²) in [6.45, 7) is 1.07. The molecule has 1 aliphatic rings. The van der Waals surface area contributed by atoms with Crippen LogP contribution in [-0.2, 0) is 17.5 Å². The Balaban J connectivity index is 1.62. The van der Waals surface area contributed by atoms with E-state index in [-0.39, 0.29) is 17.8 Å². The van der Waals surface area contributed by atoms with Crippen molar-refractivity contribution in [2.45, 2.75) is 25.6 Å². The quantitative estimate of drug-likeness (QED) is 0.705. The summed E-state index contributed by atoms with van der Waals surface area (Å²) in [5.41, 5.74) is -0.102. The molecule has 156 valence electrons. The minimum absolute atomic E-state index is 0.0820. The van der Waals surface area contributed by atoms with Crippen LogP contribution >= 0.6 is 0 Å². The number of amides is 1. The van der Waals surface area contributed by atoms with Gasteiger partial charge in [0.05, 0.1) is 34.2 Å². The van der Waals surface area contributed by atoms with Crippen molar-refractivity contribution in [3.63, 3.8) is 0 Å². The van der Waals surface area contributed by atoms with Crippen LogP contribution in [0.2, 0.25) is 0 Å². The van der Waals surface area contributed by atoms with Crippen molar-refractivity contribution in [2.75, 3.05) is 23.3 Å². The number of alkyl halides is 3. The van der Waals surface area contributed by atoms with E-state index in [9.17, 15) is 22.8 Å². The first-order valence-electron chi connectivity index (χ1n) is 9.53. The number of halogens is 3. The number of carbonyl (C=O) groups excluding carboxylic acids is 1. The topological polar surface area (TPSA) is 67.2 Å². The van der Waals surface area contributed by atoms with Gasteiger partial charge in [-0.3, -0.25) is 14.2 Å². The fraction of sp³-hybridized carbons (Fsp3) is 0.286. The Kier molecular flexibility index (Phi) is 5.19. The molecule has 1 saturated heterocycles. The number of nitrogens with one attached hydrogen (secondary N) is 1. The number of para-hydroxylation sites is 1. The van der Waals surface area contributed by atoms with Gasteiger partial charge in [-0.15, -0.1) is 0 Å². The standard InChI is InChI=1S/C21H19F3N4O2/c22-21(23,24)14-7-8-18(27-9-3-4-10-27)17(11-14)26-19(29)12-28-13-25-16-6-2-1-5-15(16)20(28)30/h1-2,5-8,11,13H,3-4,9-10,12H2,(H,26,29). The molecule has 6 nitrogen and oxygen atoms in total. The van der Waals surface area contributed by atoms with Gasteiger partial charge in [-0.05, 0) is 43.2 Å². The summed E-state index contributed by atoms with van der Waals surface area (Å²) in [4.78, 5) is 31.3. The molecule has 0 saturated carbocycles. The monoisotopic (exact) mass is 416 g/mol. The van der Waals surface area contributed by atoms with E-state index < -0.39 is 17.6 Å². The number of hydrogen-bond donors (Lipinski definition) is 1. The minimum atomic E-state index is -4.53. The number of rotatable bonds is 4. The van der Waals surface area contributed by atoms with Crippen molar-refractivity contribution in [3.05, 3.63) is 64.7 Å². The highest BCUT2D eigenvalue weighted by atomic mass is 19.4. The fourth-order valence-electron chi connectivity index (χ4n) is 3.61. The third kappa shape index (κ3) is 4.00. The normalized spacial score (nSPS) is 14.3. The second kappa shape index (κ2) is 7.81. The Morgan fingerprint density at radius 2 is 1.83 bits per heavy atom. The smallest absolute Gasteiger partial charge is 0.370 e. The predicted molar refractivity (Wildman–Crippen MR) is 108 cm³/mol. The van der Waals surface area contributed by atoms with Crippen molar-refractivity contribution in [2.24, 2.45) is 0 Å². The third-order valence-corrected chi connectivity index (χ3v) is 5.09. The molecule has 30 heavy (non-hydrogen) atoms. The van der Waals surface area contributed by atoms with Crippen LogP contribution in [0, 0.1) is 0 Å². The molecule has 1 aromatic heterocycles. The molecule has 0 atom stereocenters. The first-order chi connectivity index (χ1) is 14.3. The number of nitrogens with zero attached hydrogens (tertiary/aromatic N) is 3. The lowest BCUT2D eigenvalue weighted by atomic mass is 10.1. The molecule has 9 heteroatoms. The van der Waals surface area contributed by atoms with Gasteiger partial charge < -0.3 is 10.2 Å². The summed E-state index contributed by atoms with van der Waals surface area (Å²) in [5.74, 6) is -0.603. The van der Waals surface area contributed by atoms with E-state index in [0.29, 0.717) is 29.7 Å². The molecular weight excluding hydrogens is 397 g/mol. The molecule has 1 aliphatic heterocycles. The van der Waals surface area contributed by atoms with Gasteiger partial charge in [-0.1, -0.05) is 12.1 Å². The molecule has 0 bridgehead atoms. The first-order valence-corrected chi connectivity index (χ1v) is 9.53. The van der Waals surface area contributed by atoms with Gasteiger partial charge >= 0.3 is 6.18 Å². The number of benzene rings is 2. The zero-order valence-corrected chi connectivity index (χ0v) is 15.9. The second-order valence-corrected chi connectivity index (χ2v) is 7.17. The van der Waals surface area contributed by atoms with Crippen molar-refractivity contribution < 1.29 is 18.0 Å². The molecule has 0 radical (unpaired) electrons. The Hall–Kier alpha value is -3.36. The van der Waals surface area contributed by atoms with E-state index in [1.54, 1.807) is 24.3 Å². The average Bonchev–Trinajstić information content (AvgIpc) is 3.24. The number of aromatic nitrogens is 2. The summed E-state index contributed by atoms with van der Waals surface area (Å²) in [6, 6.07) is 10.1. The van der Waals surface area contributed by atoms with Crippen LogP contribution in [0.15, 0.2) is 53.6 Å². The van der Waals surface area contributed by atoms with Crippen LogP contribution < -0.4 is 15.8 Å². The first kappa shape index (κ1) is 19.9. The van der Waals surface area contributed by atoms with Crippen LogP contribution in [0.3, 0.4) is 0 Å². The number of fused-ring (bicyclic) bond motifs is 1. The minimum Gasteiger partial charge on any atom is -0.370 e. The molecule has 0 unspecified atom stereocenters. The lowest BCUT2D eigenvalue weighted by Gasteiger charge is -2.23. The summed E-state index contributed by atoms with van der Waals surface area (Å²) >= 11 is 0. The fourth-order valence-corrected chi connectivity index (χ4v) is 3.61. The van der Waals surface area contributed by atoms with Gasteiger partial charge in [0, 0.05) is 13.1 Å². The summed E-state index contributed by atoms with van der Waals surface area (Å²) in [7, 11) is 0. The zero-order valence-electron chi connectivity index (χ0n) is 15.9. The molecule has 1 N–H and O–H groups in total. The zero-order chi connectivity index (χ0) is 21.3. The van der Waals surface area contributed by atoms with Gasteiger partial charge in [0.1, 0.15) is 6.54 Å². The van der Waals surface area contributed by atoms with Gasteiger partial charge in [-0.2, -0.15) is 13.2 Å². The molecule has 0 spiro atoms. The number of carbonyl (C=O) groups is 1. The maximum atomic E-state index is 13.2. The third-order valence-electron chi connectivity index (χ3n) is 5.09. The second-order valence-electron chi connectivity index (χ2n) is 7.17. The van der Waals surface area contributed by atoms with E-state index >= 15 is 0 Å². The molecule has 1 fully saturated rings. The van der Waals surface area contributed by atoms with E-state index in [4.69, 9.17) is 0 Å². The molecule has 0 aliphatic carbocycles. The molecule has 4 rings (SSSR count). The number of anilines is 2. The Labute approximate surface area is 169 Å². The van der Waals surface area contributed by atoms with Crippen molar-refractivity contribution >= 4 is 28.2 Å². The maximum absolute atomic E-state index is 13.2. The lowest BCUT2D eigenvalue weighted by Crippen LogP contribution is -2.29. The highest BCUT2D eigenvalue weighted by Gasteiger charge is 2.32. The van der Waals surface area contributed by atoms with Crippen molar-refractivity contribution in [3.8, 4) is 0 Å². The van der Waals surface area contributed by atoms with Gasteiger partial charge in [0.25, 0.3) is 5.56 Å². The Bertz CT molecular complexity index is 1150. The lowest BCUT2D eigenvalue weighted by molar-refractivity contribution is -0.137. The molecular formula is C21H19F3N4O2.